The second-order valence-corrected chi connectivity index (χ2v) is 5.43. The van der Waals surface area contributed by atoms with Crippen LogP contribution < -0.4 is 5.32 Å². The second-order valence-electron chi connectivity index (χ2n) is 4.09. The first-order valence-corrected chi connectivity index (χ1v) is 7.15. The van der Waals surface area contributed by atoms with Crippen molar-refractivity contribution in [2.75, 3.05) is 11.9 Å². The Labute approximate surface area is 118 Å². The van der Waals surface area contributed by atoms with Gasteiger partial charge in [-0.1, -0.05) is 23.2 Å². The van der Waals surface area contributed by atoms with Crippen LogP contribution in [0.4, 0.5) is 17.1 Å². The lowest BCUT2D eigenvalue weighted by atomic mass is 10.1. The summed E-state index contributed by atoms with van der Waals surface area (Å²) in [5.74, 6) is 0.958. The van der Waals surface area contributed by atoms with Crippen molar-refractivity contribution in [1.29, 1.82) is 0 Å². The predicted molar refractivity (Wildman–Crippen MR) is 77.8 cm³/mol. The molecular weight excluding hydrogens is 291 g/mol. The van der Waals surface area contributed by atoms with E-state index in [2.05, 4.69) is 19.0 Å². The number of amidine groups is 1. The van der Waals surface area contributed by atoms with E-state index in [1.54, 1.807) is 6.07 Å². The summed E-state index contributed by atoms with van der Waals surface area (Å²) >= 11 is 13.4. The molecule has 3 rings (SSSR count). The summed E-state index contributed by atoms with van der Waals surface area (Å²) < 4.78 is 8.42. The highest BCUT2D eigenvalue weighted by molar-refractivity contribution is 7.58. The van der Waals surface area contributed by atoms with Crippen molar-refractivity contribution in [3.05, 3.63) is 16.1 Å². The molecule has 2 aliphatic heterocycles. The fraction of sp³-hybridized carbons (Fsp3) is 0.364. The average molecular weight is 301 g/mol. The Kier molecular flexibility index (Phi) is 3.37. The number of nitrogens with one attached hydrogen (secondary N) is 1. The lowest BCUT2D eigenvalue weighted by molar-refractivity contribution is 0.737. The smallest absolute Gasteiger partial charge is 0.131 e. The predicted octanol–water partition coefficient (Wildman–Crippen LogP) is 4.71. The van der Waals surface area contributed by atoms with Crippen molar-refractivity contribution < 1.29 is 0 Å². The molecule has 1 aromatic rings. The van der Waals surface area contributed by atoms with Gasteiger partial charge in [0, 0.05) is 13.0 Å². The molecular formula is C11H10Cl2N4S. The maximum Gasteiger partial charge on any atom is 0.131 e. The lowest BCUT2D eigenvalue weighted by Crippen LogP contribution is -2.16. The SMILES string of the molecule is Clc1cc(Cl)c(NC2=NCCCC2)c2c1N=S=N2. The molecule has 0 fully saturated rings. The first-order valence-electron chi connectivity index (χ1n) is 5.66. The van der Waals surface area contributed by atoms with Gasteiger partial charge < -0.3 is 5.32 Å². The number of fused-ring (bicyclic) bond motifs is 1. The van der Waals surface area contributed by atoms with Crippen LogP contribution in [0.5, 0.6) is 0 Å². The number of hydrogen-bond donors (Lipinski definition) is 1. The van der Waals surface area contributed by atoms with Gasteiger partial charge in [0.1, 0.15) is 17.2 Å². The molecule has 94 valence electrons. The first-order chi connectivity index (χ1) is 8.75. The van der Waals surface area contributed by atoms with E-state index in [4.69, 9.17) is 23.2 Å². The van der Waals surface area contributed by atoms with Crippen LogP contribution in [0.25, 0.3) is 0 Å². The first kappa shape index (κ1) is 12.1. The van der Waals surface area contributed by atoms with Crippen LogP contribution in [-0.2, 0) is 11.4 Å². The van der Waals surface area contributed by atoms with E-state index in [9.17, 15) is 0 Å². The highest BCUT2D eigenvalue weighted by atomic mass is 35.5. The number of halogens is 2. The molecule has 0 saturated heterocycles. The number of nitrogens with zero attached hydrogens (tertiary/aromatic N) is 3. The molecule has 0 aliphatic carbocycles. The van der Waals surface area contributed by atoms with E-state index in [1.165, 1.54) is 0 Å². The average Bonchev–Trinajstić information content (AvgIpc) is 2.85. The molecule has 2 aliphatic rings. The van der Waals surface area contributed by atoms with E-state index in [1.807, 2.05) is 0 Å². The molecule has 2 heterocycles. The minimum atomic E-state index is 0.528. The molecule has 0 amide bonds. The summed E-state index contributed by atoms with van der Waals surface area (Å²) in [4.78, 5) is 4.45. The summed E-state index contributed by atoms with van der Waals surface area (Å²) in [7, 11) is 0. The van der Waals surface area contributed by atoms with Crippen molar-refractivity contribution in [2.24, 2.45) is 13.7 Å². The van der Waals surface area contributed by atoms with Crippen LogP contribution in [0, 0.1) is 0 Å². The summed E-state index contributed by atoms with van der Waals surface area (Å²) in [6, 6.07) is 1.69. The van der Waals surface area contributed by atoms with Gasteiger partial charge in [-0.2, -0.15) is 8.73 Å². The zero-order chi connectivity index (χ0) is 12.5. The molecule has 0 atom stereocenters. The maximum absolute atomic E-state index is 6.22. The fourth-order valence-electron chi connectivity index (χ4n) is 1.94. The molecule has 0 bridgehead atoms. The van der Waals surface area contributed by atoms with E-state index >= 15 is 0 Å². The Morgan fingerprint density at radius 2 is 1.94 bits per heavy atom. The van der Waals surface area contributed by atoms with Gasteiger partial charge in [0.15, 0.2) is 0 Å². The van der Waals surface area contributed by atoms with E-state index < -0.39 is 0 Å². The molecule has 0 unspecified atom stereocenters. The Hall–Kier alpha value is -0.910. The third-order valence-corrected chi connectivity index (χ3v) is 3.95. The van der Waals surface area contributed by atoms with Crippen molar-refractivity contribution in [3.63, 3.8) is 0 Å². The Balaban J connectivity index is 2.00. The molecule has 1 aromatic carbocycles. The third kappa shape index (κ3) is 2.18. The molecule has 0 saturated carbocycles. The highest BCUT2D eigenvalue weighted by Gasteiger charge is 2.20. The van der Waals surface area contributed by atoms with Crippen molar-refractivity contribution in [3.8, 4) is 0 Å². The van der Waals surface area contributed by atoms with E-state index in [0.29, 0.717) is 21.4 Å². The number of anilines is 1. The minimum absolute atomic E-state index is 0.528. The highest BCUT2D eigenvalue weighted by Crippen LogP contribution is 2.47. The summed E-state index contributed by atoms with van der Waals surface area (Å²) in [6.45, 7) is 0.867. The molecule has 0 spiro atoms. The molecule has 0 aromatic heterocycles. The van der Waals surface area contributed by atoms with Crippen LogP contribution in [-0.4, -0.2) is 12.4 Å². The largest absolute Gasteiger partial charge is 0.341 e. The van der Waals surface area contributed by atoms with Gasteiger partial charge in [0.05, 0.1) is 27.1 Å². The molecule has 1 N–H and O–H groups in total. The van der Waals surface area contributed by atoms with Crippen LogP contribution in [0.3, 0.4) is 0 Å². The topological polar surface area (TPSA) is 49.1 Å². The standard InChI is InChI=1S/C11H10Cl2N4S/c12-6-5-7(13)10-11(17-18-16-10)9(6)15-8-3-1-2-4-14-8/h5H,1-4H2,(H,14,15). The Morgan fingerprint density at radius 1 is 1.11 bits per heavy atom. The van der Waals surface area contributed by atoms with Crippen LogP contribution in [0.15, 0.2) is 19.8 Å². The zero-order valence-electron chi connectivity index (χ0n) is 9.41. The zero-order valence-corrected chi connectivity index (χ0v) is 11.7. The van der Waals surface area contributed by atoms with E-state index in [0.717, 1.165) is 48.7 Å². The van der Waals surface area contributed by atoms with Gasteiger partial charge in [-0.15, -0.1) is 0 Å². The summed E-state index contributed by atoms with van der Waals surface area (Å²) in [5.41, 5.74) is 2.15. The van der Waals surface area contributed by atoms with Gasteiger partial charge in [-0.05, 0) is 18.9 Å². The van der Waals surface area contributed by atoms with Gasteiger partial charge in [-0.3, -0.25) is 4.99 Å². The number of aliphatic imine (C=N–C) groups is 1. The van der Waals surface area contributed by atoms with Crippen LogP contribution in [0.1, 0.15) is 19.3 Å². The fourth-order valence-corrected chi connectivity index (χ4v) is 3.10. The quantitative estimate of drug-likeness (QED) is 0.814. The Bertz CT molecular complexity index is 606. The monoisotopic (exact) mass is 300 g/mol. The summed E-state index contributed by atoms with van der Waals surface area (Å²) in [5, 5.41) is 4.35. The normalized spacial score (nSPS) is 17.1. The van der Waals surface area contributed by atoms with Gasteiger partial charge >= 0.3 is 0 Å². The van der Waals surface area contributed by atoms with Gasteiger partial charge in [0.2, 0.25) is 0 Å². The molecule has 7 heteroatoms. The molecule has 4 nitrogen and oxygen atoms in total. The third-order valence-electron chi connectivity index (χ3n) is 2.84. The van der Waals surface area contributed by atoms with Crippen molar-refractivity contribution in [1.82, 2.24) is 0 Å². The molecule has 0 radical (unpaired) electrons. The maximum atomic E-state index is 6.22. The number of benzene rings is 1. The van der Waals surface area contributed by atoms with Gasteiger partial charge in [0.25, 0.3) is 0 Å². The Morgan fingerprint density at radius 3 is 2.72 bits per heavy atom. The van der Waals surface area contributed by atoms with Gasteiger partial charge in [-0.25, -0.2) is 0 Å². The van der Waals surface area contributed by atoms with Crippen LogP contribution >= 0.6 is 23.2 Å². The van der Waals surface area contributed by atoms with Crippen molar-refractivity contribution >= 4 is 57.5 Å². The van der Waals surface area contributed by atoms with Crippen LogP contribution in [0.2, 0.25) is 10.0 Å². The lowest BCUT2D eigenvalue weighted by Gasteiger charge is -2.16. The van der Waals surface area contributed by atoms with E-state index in [-0.39, 0.29) is 0 Å². The molecule has 18 heavy (non-hydrogen) atoms. The summed E-state index contributed by atoms with van der Waals surface area (Å²) in [6.07, 6.45) is 3.24. The second kappa shape index (κ2) is 4.99. The minimum Gasteiger partial charge on any atom is -0.341 e. The van der Waals surface area contributed by atoms with Crippen molar-refractivity contribution in [2.45, 2.75) is 19.3 Å². The number of hydrogen-bond acceptors (Lipinski definition) is 4. The number of rotatable bonds is 1.